The maximum Gasteiger partial charge on any atom is 0.231 e. The van der Waals surface area contributed by atoms with Gasteiger partial charge in [0.25, 0.3) is 0 Å². The van der Waals surface area contributed by atoms with E-state index < -0.39 is 0 Å². The second-order valence-corrected chi connectivity index (χ2v) is 8.05. The number of methoxy groups -OCH3 is 1. The number of amides is 1. The number of carbonyl (C=O) groups is 1. The summed E-state index contributed by atoms with van der Waals surface area (Å²) in [5.41, 5.74) is 10.7. The zero-order valence-corrected chi connectivity index (χ0v) is 18.9. The highest BCUT2D eigenvalue weighted by atomic mass is 16.5. The quantitative estimate of drug-likeness (QED) is 0.474. The van der Waals surface area contributed by atoms with Crippen LogP contribution in [-0.2, 0) is 11.3 Å². The number of anilines is 2. The van der Waals surface area contributed by atoms with Crippen molar-refractivity contribution in [3.63, 3.8) is 0 Å². The first-order valence-corrected chi connectivity index (χ1v) is 10.8. The maximum atomic E-state index is 13.5. The van der Waals surface area contributed by atoms with Crippen LogP contribution in [0.5, 0.6) is 5.75 Å². The lowest BCUT2D eigenvalue weighted by Crippen LogP contribution is -2.30. The Morgan fingerprint density at radius 2 is 1.79 bits per heavy atom. The van der Waals surface area contributed by atoms with Gasteiger partial charge in [-0.25, -0.2) is 15.0 Å². The first-order chi connectivity index (χ1) is 16.5. The van der Waals surface area contributed by atoms with Crippen LogP contribution < -0.4 is 15.4 Å². The summed E-state index contributed by atoms with van der Waals surface area (Å²) >= 11 is 0. The van der Waals surface area contributed by atoms with Crippen molar-refractivity contribution >= 4 is 29.2 Å². The van der Waals surface area contributed by atoms with Crippen LogP contribution in [0.3, 0.4) is 0 Å². The molecule has 0 atom stereocenters. The van der Waals surface area contributed by atoms with E-state index >= 15 is 0 Å². The number of hydrogen-bond donors (Lipinski definition) is 1. The second-order valence-electron chi connectivity index (χ2n) is 8.05. The van der Waals surface area contributed by atoms with E-state index in [0.29, 0.717) is 18.2 Å². The van der Waals surface area contributed by atoms with Crippen LogP contribution in [0, 0.1) is 6.92 Å². The molecular weight excluding hydrogens is 430 g/mol. The fraction of sp³-hybridized carbons (Fsp3) is 0.154. The van der Waals surface area contributed by atoms with Gasteiger partial charge in [0.15, 0.2) is 0 Å². The molecule has 170 valence electrons. The van der Waals surface area contributed by atoms with E-state index in [1.807, 2.05) is 55.5 Å². The summed E-state index contributed by atoms with van der Waals surface area (Å²) < 4.78 is 11.0. The van der Waals surface area contributed by atoms with Crippen molar-refractivity contribution in [1.29, 1.82) is 0 Å². The minimum absolute atomic E-state index is 0.0534. The van der Waals surface area contributed by atoms with Gasteiger partial charge in [0, 0.05) is 23.5 Å². The lowest BCUT2D eigenvalue weighted by Gasteiger charge is -2.24. The lowest BCUT2D eigenvalue weighted by atomic mass is 10.0. The van der Waals surface area contributed by atoms with E-state index in [0.717, 1.165) is 39.3 Å². The number of oxazole rings is 1. The van der Waals surface area contributed by atoms with Gasteiger partial charge in [-0.2, -0.15) is 0 Å². The summed E-state index contributed by atoms with van der Waals surface area (Å²) in [6.45, 7) is 2.24. The Kier molecular flexibility index (Phi) is 5.55. The van der Waals surface area contributed by atoms with Crippen molar-refractivity contribution in [3.8, 4) is 16.9 Å². The number of nitrogens with two attached hydrogens (primary N) is 1. The minimum atomic E-state index is -0.0534. The van der Waals surface area contributed by atoms with Crippen LogP contribution in [0.15, 0.2) is 65.5 Å². The van der Waals surface area contributed by atoms with Crippen molar-refractivity contribution in [2.45, 2.75) is 19.9 Å². The van der Waals surface area contributed by atoms with Crippen molar-refractivity contribution in [3.05, 3.63) is 83.8 Å². The number of hydrogen-bond acceptors (Lipinski definition) is 7. The highest BCUT2D eigenvalue weighted by Crippen LogP contribution is 2.36. The molecule has 1 amide bonds. The molecule has 2 aromatic heterocycles. The third kappa shape index (κ3) is 4.25. The average molecular weight is 454 g/mol. The fourth-order valence-corrected chi connectivity index (χ4v) is 3.92. The number of benzene rings is 2. The SMILES string of the molecule is COc1ccc(CN2C(=O)CC(c3ncc(C)o3)=Cc3ccc(-c4cnc(N)nc4)cc32)cc1. The molecule has 3 heterocycles. The summed E-state index contributed by atoms with van der Waals surface area (Å²) in [4.78, 5) is 27.9. The molecule has 34 heavy (non-hydrogen) atoms. The van der Waals surface area contributed by atoms with E-state index in [9.17, 15) is 4.79 Å². The van der Waals surface area contributed by atoms with Gasteiger partial charge < -0.3 is 19.8 Å². The molecule has 8 heteroatoms. The Hall–Kier alpha value is -4.46. The Bertz CT molecular complexity index is 1370. The number of aromatic nitrogens is 3. The van der Waals surface area contributed by atoms with E-state index in [-0.39, 0.29) is 18.3 Å². The molecule has 0 fully saturated rings. The van der Waals surface area contributed by atoms with E-state index in [4.69, 9.17) is 14.9 Å². The summed E-state index contributed by atoms with van der Waals surface area (Å²) in [6, 6.07) is 13.6. The minimum Gasteiger partial charge on any atom is -0.497 e. The number of aryl methyl sites for hydroxylation is 1. The summed E-state index contributed by atoms with van der Waals surface area (Å²) in [5.74, 6) is 2.08. The molecule has 0 unspecified atom stereocenters. The Morgan fingerprint density at radius 1 is 1.03 bits per heavy atom. The van der Waals surface area contributed by atoms with Crippen LogP contribution in [0.4, 0.5) is 11.6 Å². The summed E-state index contributed by atoms with van der Waals surface area (Å²) in [7, 11) is 1.63. The number of ether oxygens (including phenoxy) is 1. The molecule has 0 saturated heterocycles. The van der Waals surface area contributed by atoms with Crippen LogP contribution in [0.2, 0.25) is 0 Å². The van der Waals surface area contributed by atoms with Gasteiger partial charge in [-0.05, 0) is 47.9 Å². The van der Waals surface area contributed by atoms with E-state index in [1.165, 1.54) is 0 Å². The fourth-order valence-electron chi connectivity index (χ4n) is 3.92. The van der Waals surface area contributed by atoms with Crippen LogP contribution >= 0.6 is 0 Å². The van der Waals surface area contributed by atoms with Crippen molar-refractivity contribution in [1.82, 2.24) is 15.0 Å². The van der Waals surface area contributed by atoms with Crippen LogP contribution in [0.1, 0.15) is 29.2 Å². The predicted molar refractivity (Wildman–Crippen MR) is 130 cm³/mol. The van der Waals surface area contributed by atoms with Crippen molar-refractivity contribution < 1.29 is 13.9 Å². The molecule has 5 rings (SSSR count). The molecule has 8 nitrogen and oxygen atoms in total. The van der Waals surface area contributed by atoms with Gasteiger partial charge in [0.2, 0.25) is 17.7 Å². The highest BCUT2D eigenvalue weighted by molar-refractivity contribution is 6.06. The maximum absolute atomic E-state index is 13.5. The van der Waals surface area contributed by atoms with Gasteiger partial charge in [-0.1, -0.05) is 24.3 Å². The Morgan fingerprint density at radius 3 is 2.47 bits per heavy atom. The molecule has 1 aliphatic heterocycles. The molecular formula is C26H23N5O3. The standard InChI is InChI=1S/C26H23N5O3/c1-16-12-28-25(34-16)20-9-19-6-5-18(21-13-29-26(27)30-14-21)10-23(19)31(24(32)11-20)15-17-3-7-22(33-2)8-4-17/h3-10,12-14H,11,15H2,1-2H3,(H2,27,29,30). The molecule has 4 aromatic rings. The molecule has 2 N–H and O–H groups in total. The zero-order valence-electron chi connectivity index (χ0n) is 18.9. The third-order valence-corrected chi connectivity index (χ3v) is 5.69. The van der Waals surface area contributed by atoms with Gasteiger partial charge in [0.1, 0.15) is 11.5 Å². The molecule has 0 bridgehead atoms. The number of fused-ring (bicyclic) bond motifs is 1. The molecule has 0 saturated carbocycles. The van der Waals surface area contributed by atoms with Crippen LogP contribution in [0.25, 0.3) is 22.8 Å². The highest BCUT2D eigenvalue weighted by Gasteiger charge is 2.26. The lowest BCUT2D eigenvalue weighted by molar-refractivity contribution is -0.117. The smallest absolute Gasteiger partial charge is 0.231 e. The Labute approximate surface area is 196 Å². The first kappa shape index (κ1) is 21.4. The number of rotatable bonds is 5. The summed E-state index contributed by atoms with van der Waals surface area (Å²) in [6.07, 6.45) is 7.15. The molecule has 2 aromatic carbocycles. The normalized spacial score (nSPS) is 13.3. The van der Waals surface area contributed by atoms with E-state index in [1.54, 1.807) is 30.6 Å². The Balaban J connectivity index is 1.59. The van der Waals surface area contributed by atoms with Gasteiger partial charge in [-0.3, -0.25) is 4.79 Å². The molecule has 0 radical (unpaired) electrons. The third-order valence-electron chi connectivity index (χ3n) is 5.69. The first-order valence-electron chi connectivity index (χ1n) is 10.8. The average Bonchev–Trinajstić information content (AvgIpc) is 3.24. The largest absolute Gasteiger partial charge is 0.497 e. The number of nitrogen functional groups attached to an aromatic ring is 1. The van der Waals surface area contributed by atoms with E-state index in [2.05, 4.69) is 15.0 Å². The molecule has 1 aliphatic rings. The molecule has 0 spiro atoms. The van der Waals surface area contributed by atoms with Gasteiger partial charge in [0.05, 0.1) is 32.0 Å². The number of carbonyl (C=O) groups excluding carboxylic acids is 1. The second kappa shape index (κ2) is 8.82. The zero-order chi connectivity index (χ0) is 23.7. The monoisotopic (exact) mass is 453 g/mol. The van der Waals surface area contributed by atoms with Gasteiger partial charge >= 0.3 is 0 Å². The topological polar surface area (TPSA) is 107 Å². The predicted octanol–water partition coefficient (Wildman–Crippen LogP) is 4.51. The number of nitrogens with zero attached hydrogens (tertiary/aromatic N) is 4. The van der Waals surface area contributed by atoms with Crippen molar-refractivity contribution in [2.75, 3.05) is 17.7 Å². The summed E-state index contributed by atoms with van der Waals surface area (Å²) in [5, 5.41) is 0. The molecule has 0 aliphatic carbocycles. The van der Waals surface area contributed by atoms with Crippen molar-refractivity contribution in [2.24, 2.45) is 0 Å². The van der Waals surface area contributed by atoms with Crippen LogP contribution in [-0.4, -0.2) is 28.0 Å². The van der Waals surface area contributed by atoms with Gasteiger partial charge in [-0.15, -0.1) is 0 Å².